The number of nitrogens with one attached hydrogen (secondary N) is 2. The predicted molar refractivity (Wildman–Crippen MR) is 94.8 cm³/mol. The quantitative estimate of drug-likeness (QED) is 0.577. The van der Waals surface area contributed by atoms with Crippen molar-refractivity contribution in [3.63, 3.8) is 0 Å². The molecule has 7 heteroatoms. The van der Waals surface area contributed by atoms with Crippen LogP contribution in [0.3, 0.4) is 0 Å². The predicted octanol–water partition coefficient (Wildman–Crippen LogP) is 2.87. The number of thiocarbonyl (C=S) groups is 1. The highest BCUT2D eigenvalue weighted by Gasteiger charge is 2.15. The molecule has 0 spiro atoms. The number of anilines is 1. The molecule has 5 nitrogen and oxygen atoms in total. The van der Waals surface area contributed by atoms with Gasteiger partial charge in [0.1, 0.15) is 13.2 Å². The molecule has 0 aliphatic carbocycles. The van der Waals surface area contributed by atoms with Gasteiger partial charge >= 0.3 is 0 Å². The fraction of sp³-hybridized carbons (Fsp3) is 0.125. The van der Waals surface area contributed by atoms with Crippen molar-refractivity contribution in [1.29, 1.82) is 0 Å². The van der Waals surface area contributed by atoms with E-state index in [0.29, 0.717) is 30.3 Å². The first-order chi connectivity index (χ1) is 11.1. The van der Waals surface area contributed by atoms with Gasteiger partial charge in [-0.15, -0.1) is 12.6 Å². The van der Waals surface area contributed by atoms with Gasteiger partial charge in [-0.25, -0.2) is 0 Å². The number of thiol groups is 1. The molecule has 118 valence electrons. The van der Waals surface area contributed by atoms with E-state index in [9.17, 15) is 4.79 Å². The molecule has 2 aromatic carbocycles. The zero-order valence-corrected chi connectivity index (χ0v) is 13.7. The first kappa shape index (κ1) is 15.6. The minimum absolute atomic E-state index is 0.200. The van der Waals surface area contributed by atoms with E-state index in [2.05, 4.69) is 23.3 Å². The molecule has 2 aromatic rings. The summed E-state index contributed by atoms with van der Waals surface area (Å²) in [5.41, 5.74) is 1.17. The molecule has 0 bridgehead atoms. The van der Waals surface area contributed by atoms with Crippen molar-refractivity contribution in [1.82, 2.24) is 5.32 Å². The van der Waals surface area contributed by atoms with Crippen LogP contribution in [0.25, 0.3) is 0 Å². The lowest BCUT2D eigenvalue weighted by atomic mass is 10.2. The Morgan fingerprint density at radius 3 is 2.61 bits per heavy atom. The average Bonchev–Trinajstić information content (AvgIpc) is 2.56. The van der Waals surface area contributed by atoms with Crippen molar-refractivity contribution < 1.29 is 14.3 Å². The minimum atomic E-state index is -0.323. The number of hydrogen-bond donors (Lipinski definition) is 3. The highest BCUT2D eigenvalue weighted by Crippen LogP contribution is 2.30. The molecule has 0 aromatic heterocycles. The number of para-hydroxylation sites is 1. The number of fused-ring (bicyclic) bond motifs is 1. The van der Waals surface area contributed by atoms with Gasteiger partial charge in [0, 0.05) is 10.5 Å². The Hall–Kier alpha value is -2.25. The van der Waals surface area contributed by atoms with Crippen LogP contribution in [0.2, 0.25) is 0 Å². The molecule has 23 heavy (non-hydrogen) atoms. The van der Waals surface area contributed by atoms with Crippen LogP contribution in [0, 0.1) is 0 Å². The maximum atomic E-state index is 12.3. The topological polar surface area (TPSA) is 59.6 Å². The summed E-state index contributed by atoms with van der Waals surface area (Å²) >= 11 is 9.48. The monoisotopic (exact) mass is 346 g/mol. The van der Waals surface area contributed by atoms with Gasteiger partial charge in [0.25, 0.3) is 5.91 Å². The number of carbonyl (C=O) groups is 1. The molecule has 0 saturated heterocycles. The van der Waals surface area contributed by atoms with Crippen LogP contribution >= 0.6 is 24.8 Å². The van der Waals surface area contributed by atoms with Crippen LogP contribution in [-0.4, -0.2) is 24.2 Å². The Balaban J connectivity index is 1.67. The van der Waals surface area contributed by atoms with E-state index in [1.54, 1.807) is 18.2 Å². The average molecular weight is 346 g/mol. The van der Waals surface area contributed by atoms with Crippen LogP contribution in [0.1, 0.15) is 10.4 Å². The maximum absolute atomic E-state index is 12.3. The van der Waals surface area contributed by atoms with Crippen molar-refractivity contribution >= 4 is 41.6 Å². The molecule has 0 fully saturated rings. The highest BCUT2D eigenvalue weighted by molar-refractivity contribution is 7.81. The molecule has 1 heterocycles. The van der Waals surface area contributed by atoms with E-state index in [1.165, 1.54) is 0 Å². The van der Waals surface area contributed by atoms with E-state index >= 15 is 0 Å². The lowest BCUT2D eigenvalue weighted by Gasteiger charge is -2.18. The molecule has 3 rings (SSSR count). The first-order valence-corrected chi connectivity index (χ1v) is 7.79. The summed E-state index contributed by atoms with van der Waals surface area (Å²) in [7, 11) is 0. The van der Waals surface area contributed by atoms with Crippen LogP contribution < -0.4 is 20.1 Å². The lowest BCUT2D eigenvalue weighted by molar-refractivity contribution is 0.0976. The van der Waals surface area contributed by atoms with E-state index < -0.39 is 0 Å². The lowest BCUT2D eigenvalue weighted by Crippen LogP contribution is -2.34. The van der Waals surface area contributed by atoms with Gasteiger partial charge < -0.3 is 14.8 Å². The second kappa shape index (κ2) is 6.89. The van der Waals surface area contributed by atoms with Gasteiger partial charge in [-0.2, -0.15) is 0 Å². The molecule has 0 atom stereocenters. The smallest absolute Gasteiger partial charge is 0.257 e. The van der Waals surface area contributed by atoms with Crippen molar-refractivity contribution in [2.75, 3.05) is 18.5 Å². The van der Waals surface area contributed by atoms with Crippen LogP contribution in [0.4, 0.5) is 5.69 Å². The summed E-state index contributed by atoms with van der Waals surface area (Å²) in [4.78, 5) is 13.0. The third-order valence-electron chi connectivity index (χ3n) is 3.18. The number of benzene rings is 2. The number of rotatable bonds is 2. The zero-order chi connectivity index (χ0) is 16.2. The van der Waals surface area contributed by atoms with E-state index in [4.69, 9.17) is 21.7 Å². The Kier molecular flexibility index (Phi) is 4.68. The van der Waals surface area contributed by atoms with Crippen LogP contribution in [0.5, 0.6) is 11.5 Å². The summed E-state index contributed by atoms with van der Waals surface area (Å²) in [6, 6.07) is 12.4. The van der Waals surface area contributed by atoms with Gasteiger partial charge in [0.15, 0.2) is 16.6 Å². The molecule has 1 aliphatic rings. The Labute approximate surface area is 144 Å². The summed E-state index contributed by atoms with van der Waals surface area (Å²) in [6.45, 7) is 0.979. The minimum Gasteiger partial charge on any atom is -0.486 e. The second-order valence-corrected chi connectivity index (χ2v) is 5.67. The molecule has 1 amide bonds. The zero-order valence-electron chi connectivity index (χ0n) is 12.0. The van der Waals surface area contributed by atoms with E-state index in [-0.39, 0.29) is 11.0 Å². The summed E-state index contributed by atoms with van der Waals surface area (Å²) in [5, 5.41) is 5.77. The van der Waals surface area contributed by atoms with E-state index in [0.717, 1.165) is 10.6 Å². The summed E-state index contributed by atoms with van der Waals surface area (Å²) < 4.78 is 10.9. The third-order valence-corrected chi connectivity index (χ3v) is 3.78. The molecule has 0 saturated carbocycles. The van der Waals surface area contributed by atoms with Crippen molar-refractivity contribution in [3.05, 3.63) is 48.0 Å². The van der Waals surface area contributed by atoms with Gasteiger partial charge in [0.2, 0.25) is 0 Å². The van der Waals surface area contributed by atoms with Gasteiger partial charge in [-0.1, -0.05) is 12.1 Å². The standard InChI is InChI=1S/C16H14N2O3S2/c19-15(10-5-6-12-13(9-10)21-8-7-20-12)18-16(23)17-11-3-1-2-4-14(11)22/h1-6,9,22H,7-8H2,(H2,17,18,19,23). The van der Waals surface area contributed by atoms with Gasteiger partial charge in [-0.05, 0) is 42.5 Å². The fourth-order valence-electron chi connectivity index (χ4n) is 2.09. The second-order valence-electron chi connectivity index (χ2n) is 4.78. The summed E-state index contributed by atoms with van der Waals surface area (Å²) in [5.74, 6) is 0.872. The van der Waals surface area contributed by atoms with Gasteiger partial charge in [-0.3, -0.25) is 10.1 Å². The van der Waals surface area contributed by atoms with Crippen molar-refractivity contribution in [2.24, 2.45) is 0 Å². The van der Waals surface area contributed by atoms with Crippen LogP contribution in [-0.2, 0) is 0 Å². The Morgan fingerprint density at radius 2 is 1.83 bits per heavy atom. The van der Waals surface area contributed by atoms with Crippen LogP contribution in [0.15, 0.2) is 47.4 Å². The van der Waals surface area contributed by atoms with Gasteiger partial charge in [0.05, 0.1) is 5.69 Å². The first-order valence-electron chi connectivity index (χ1n) is 6.93. The number of ether oxygens (including phenoxy) is 2. The maximum Gasteiger partial charge on any atom is 0.257 e. The summed E-state index contributed by atoms with van der Waals surface area (Å²) in [6.07, 6.45) is 0. The third kappa shape index (κ3) is 3.75. The van der Waals surface area contributed by atoms with Crippen molar-refractivity contribution in [3.8, 4) is 11.5 Å². The molecular formula is C16H14N2O3S2. The molecule has 1 aliphatic heterocycles. The Morgan fingerprint density at radius 1 is 1.09 bits per heavy atom. The normalized spacial score (nSPS) is 12.4. The Bertz CT molecular complexity index is 765. The molecular weight excluding hydrogens is 332 g/mol. The number of carbonyl (C=O) groups excluding carboxylic acids is 1. The fourth-order valence-corrected chi connectivity index (χ4v) is 2.51. The van der Waals surface area contributed by atoms with E-state index in [1.807, 2.05) is 24.3 Å². The molecule has 2 N–H and O–H groups in total. The molecule has 0 radical (unpaired) electrons. The number of hydrogen-bond acceptors (Lipinski definition) is 5. The highest BCUT2D eigenvalue weighted by atomic mass is 32.1. The van der Waals surface area contributed by atoms with Crippen molar-refractivity contribution in [2.45, 2.75) is 4.90 Å². The number of amides is 1. The molecule has 0 unspecified atom stereocenters. The largest absolute Gasteiger partial charge is 0.486 e. The SMILES string of the molecule is O=C(NC(=S)Nc1ccccc1S)c1ccc2c(c1)OCCO2.